The lowest BCUT2D eigenvalue weighted by Crippen LogP contribution is -2.41. The Balaban J connectivity index is 1.65. The minimum atomic E-state index is 0.327. The first-order valence-corrected chi connectivity index (χ1v) is 11.9. The van der Waals surface area contributed by atoms with Gasteiger partial charge in [0.05, 0.1) is 19.4 Å². The standard InChI is InChI=1S/C25H35N3O3/c1-3-30-23-15-19-18-9-5-6-10-21(18)27-25(20(19)16-22(23)29-2)24(17-26)31-14-13-28-11-7-4-8-12-28/h15-16,18,21,27H,3-14H2,1-2H3/b25-24+. The number of nitrogens with one attached hydrogen (secondary N) is 1. The van der Waals surface area contributed by atoms with Gasteiger partial charge in [-0.2, -0.15) is 5.26 Å². The van der Waals surface area contributed by atoms with Crippen molar-refractivity contribution < 1.29 is 14.2 Å². The summed E-state index contributed by atoms with van der Waals surface area (Å²) in [6, 6.07) is 6.80. The van der Waals surface area contributed by atoms with E-state index >= 15 is 0 Å². The Bertz CT molecular complexity index is 839. The van der Waals surface area contributed by atoms with E-state index in [2.05, 4.69) is 22.4 Å². The first-order valence-electron chi connectivity index (χ1n) is 11.9. The van der Waals surface area contributed by atoms with Gasteiger partial charge in [0.2, 0.25) is 5.76 Å². The van der Waals surface area contributed by atoms with Gasteiger partial charge in [0.1, 0.15) is 12.7 Å². The summed E-state index contributed by atoms with van der Waals surface area (Å²) in [6.45, 7) is 6.23. The zero-order valence-corrected chi connectivity index (χ0v) is 18.9. The fourth-order valence-electron chi connectivity index (χ4n) is 5.27. The molecule has 6 heteroatoms. The van der Waals surface area contributed by atoms with Crippen LogP contribution in [0.5, 0.6) is 11.5 Å². The van der Waals surface area contributed by atoms with Crippen molar-refractivity contribution in [2.24, 2.45) is 0 Å². The molecular formula is C25H35N3O3. The molecule has 2 aliphatic heterocycles. The van der Waals surface area contributed by atoms with Crippen molar-refractivity contribution in [3.8, 4) is 17.6 Å². The van der Waals surface area contributed by atoms with Crippen LogP contribution in [0, 0.1) is 11.3 Å². The molecule has 0 radical (unpaired) electrons. The molecule has 2 atom stereocenters. The lowest BCUT2D eigenvalue weighted by atomic mass is 9.75. The van der Waals surface area contributed by atoms with Gasteiger partial charge >= 0.3 is 0 Å². The van der Waals surface area contributed by atoms with Crippen molar-refractivity contribution in [2.75, 3.05) is 40.0 Å². The van der Waals surface area contributed by atoms with Crippen LogP contribution in [0.25, 0.3) is 5.70 Å². The van der Waals surface area contributed by atoms with E-state index in [0.717, 1.165) is 49.5 Å². The minimum Gasteiger partial charge on any atom is -0.493 e. The average molecular weight is 426 g/mol. The minimum absolute atomic E-state index is 0.327. The van der Waals surface area contributed by atoms with Crippen LogP contribution >= 0.6 is 0 Å². The van der Waals surface area contributed by atoms with Gasteiger partial charge in [-0.05, 0) is 63.4 Å². The van der Waals surface area contributed by atoms with Crippen molar-refractivity contribution in [3.05, 3.63) is 29.0 Å². The van der Waals surface area contributed by atoms with E-state index in [0.29, 0.717) is 36.7 Å². The molecule has 31 heavy (non-hydrogen) atoms. The van der Waals surface area contributed by atoms with Gasteiger partial charge < -0.3 is 19.5 Å². The maximum absolute atomic E-state index is 9.96. The zero-order chi connectivity index (χ0) is 21.6. The average Bonchev–Trinajstić information content (AvgIpc) is 2.82. The van der Waals surface area contributed by atoms with Gasteiger partial charge in [-0.25, -0.2) is 0 Å². The predicted octanol–water partition coefficient (Wildman–Crippen LogP) is 4.42. The molecule has 2 fully saturated rings. The van der Waals surface area contributed by atoms with Crippen LogP contribution in [0.1, 0.15) is 68.9 Å². The number of hydrogen-bond acceptors (Lipinski definition) is 6. The molecule has 0 spiro atoms. The molecule has 1 saturated heterocycles. The van der Waals surface area contributed by atoms with Crippen LogP contribution in [-0.4, -0.2) is 50.9 Å². The monoisotopic (exact) mass is 425 g/mol. The topological polar surface area (TPSA) is 66.8 Å². The van der Waals surface area contributed by atoms with Crippen LogP contribution in [0.2, 0.25) is 0 Å². The first kappa shape index (κ1) is 21.8. The molecule has 1 saturated carbocycles. The largest absolute Gasteiger partial charge is 0.493 e. The Morgan fingerprint density at radius 1 is 1.13 bits per heavy atom. The molecule has 0 bridgehead atoms. The highest BCUT2D eigenvalue weighted by atomic mass is 16.5. The van der Waals surface area contributed by atoms with Crippen LogP contribution in [0.4, 0.5) is 0 Å². The Labute approximate surface area is 186 Å². The summed E-state index contributed by atoms with van der Waals surface area (Å²) < 4.78 is 17.5. The van der Waals surface area contributed by atoms with Crippen molar-refractivity contribution in [1.29, 1.82) is 5.26 Å². The van der Waals surface area contributed by atoms with Gasteiger partial charge in [0.25, 0.3) is 0 Å². The number of ether oxygens (including phenoxy) is 3. The van der Waals surface area contributed by atoms with E-state index in [9.17, 15) is 5.26 Å². The molecule has 1 aliphatic carbocycles. The third-order valence-electron chi connectivity index (χ3n) is 6.83. The highest BCUT2D eigenvalue weighted by molar-refractivity contribution is 5.76. The van der Waals surface area contributed by atoms with Crippen LogP contribution < -0.4 is 14.8 Å². The van der Waals surface area contributed by atoms with Gasteiger partial charge in [-0.15, -0.1) is 0 Å². The Hall–Kier alpha value is -2.39. The molecule has 168 valence electrons. The zero-order valence-electron chi connectivity index (χ0n) is 18.9. The highest BCUT2D eigenvalue weighted by Gasteiger charge is 2.36. The lowest BCUT2D eigenvalue weighted by molar-refractivity contribution is 0.149. The summed E-state index contributed by atoms with van der Waals surface area (Å²) in [4.78, 5) is 2.43. The summed E-state index contributed by atoms with van der Waals surface area (Å²) in [5.41, 5.74) is 3.06. The SMILES string of the molecule is CCOc1cc2c(cc1OC)/C(=C(/C#N)OCCN1CCCCC1)NC1CCCCC21. The third-order valence-corrected chi connectivity index (χ3v) is 6.83. The second-order valence-corrected chi connectivity index (χ2v) is 8.73. The highest BCUT2D eigenvalue weighted by Crippen LogP contribution is 2.45. The molecule has 1 N–H and O–H groups in total. The summed E-state index contributed by atoms with van der Waals surface area (Å²) in [6.07, 6.45) is 8.53. The van der Waals surface area contributed by atoms with Gasteiger partial charge in [0.15, 0.2) is 11.5 Å². The van der Waals surface area contributed by atoms with E-state index in [1.807, 2.05) is 13.0 Å². The molecule has 0 amide bonds. The summed E-state index contributed by atoms with van der Waals surface area (Å²) in [7, 11) is 1.66. The van der Waals surface area contributed by atoms with Crippen LogP contribution in [0.15, 0.2) is 17.9 Å². The normalized spacial score (nSPS) is 24.8. The van der Waals surface area contributed by atoms with Gasteiger partial charge in [0, 0.05) is 24.1 Å². The van der Waals surface area contributed by atoms with Gasteiger partial charge in [-0.1, -0.05) is 19.3 Å². The number of benzene rings is 1. The maximum Gasteiger partial charge on any atom is 0.221 e. The molecule has 4 rings (SSSR count). The van der Waals surface area contributed by atoms with Gasteiger partial charge in [-0.3, -0.25) is 4.90 Å². The Morgan fingerprint density at radius 3 is 2.68 bits per heavy atom. The summed E-state index contributed by atoms with van der Waals surface area (Å²) >= 11 is 0. The van der Waals surface area contributed by atoms with E-state index in [1.54, 1.807) is 7.11 Å². The summed E-state index contributed by atoms with van der Waals surface area (Å²) in [5.74, 6) is 2.28. The molecule has 2 unspecified atom stereocenters. The number of methoxy groups -OCH3 is 1. The second kappa shape index (κ2) is 10.3. The van der Waals surface area contributed by atoms with E-state index in [1.165, 1.54) is 37.7 Å². The van der Waals surface area contributed by atoms with E-state index in [4.69, 9.17) is 14.2 Å². The number of nitriles is 1. The number of allylic oxidation sites excluding steroid dienone is 1. The predicted molar refractivity (Wildman–Crippen MR) is 121 cm³/mol. The number of piperidine rings is 1. The molecule has 3 aliphatic rings. The number of fused-ring (bicyclic) bond motifs is 3. The maximum atomic E-state index is 9.96. The summed E-state index contributed by atoms with van der Waals surface area (Å²) in [5, 5.41) is 13.6. The number of nitrogens with zero attached hydrogens (tertiary/aromatic N) is 2. The molecule has 6 nitrogen and oxygen atoms in total. The van der Waals surface area contributed by atoms with Crippen LogP contribution in [-0.2, 0) is 4.74 Å². The molecule has 1 aromatic rings. The molecule has 0 aromatic heterocycles. The van der Waals surface area contributed by atoms with Crippen molar-refractivity contribution >= 4 is 5.70 Å². The number of rotatable bonds is 7. The fourth-order valence-corrected chi connectivity index (χ4v) is 5.27. The van der Waals surface area contributed by atoms with E-state index < -0.39 is 0 Å². The second-order valence-electron chi connectivity index (χ2n) is 8.73. The molecule has 1 aromatic carbocycles. The molecular weight excluding hydrogens is 390 g/mol. The van der Waals surface area contributed by atoms with Crippen molar-refractivity contribution in [2.45, 2.75) is 63.8 Å². The fraction of sp³-hybridized carbons (Fsp3) is 0.640. The Morgan fingerprint density at radius 2 is 1.94 bits per heavy atom. The molecule has 2 heterocycles. The quantitative estimate of drug-likeness (QED) is 0.515. The third kappa shape index (κ3) is 4.77. The van der Waals surface area contributed by atoms with Crippen molar-refractivity contribution in [3.63, 3.8) is 0 Å². The lowest BCUT2D eigenvalue weighted by Gasteiger charge is -2.40. The Kier molecular flexibility index (Phi) is 7.24. The van der Waals surface area contributed by atoms with E-state index in [-0.39, 0.29) is 0 Å². The van der Waals surface area contributed by atoms with Crippen LogP contribution in [0.3, 0.4) is 0 Å². The van der Waals surface area contributed by atoms with Crippen molar-refractivity contribution in [1.82, 2.24) is 10.2 Å². The smallest absolute Gasteiger partial charge is 0.221 e. The number of likely N-dealkylation sites (tertiary alicyclic amines) is 1. The first-order chi connectivity index (χ1) is 15.2. The number of hydrogen-bond donors (Lipinski definition) is 1.